The van der Waals surface area contributed by atoms with Gasteiger partial charge in [-0.25, -0.2) is 13.1 Å². The van der Waals surface area contributed by atoms with Gasteiger partial charge in [-0.3, -0.25) is 0 Å². The second-order valence-corrected chi connectivity index (χ2v) is 8.36. The molecular formula is C16H18BrNO2S. The van der Waals surface area contributed by atoms with Crippen LogP contribution in [0.5, 0.6) is 0 Å². The van der Waals surface area contributed by atoms with E-state index >= 15 is 0 Å². The van der Waals surface area contributed by atoms with Crippen molar-refractivity contribution < 1.29 is 8.42 Å². The second-order valence-electron chi connectivity index (χ2n) is 5.51. The van der Waals surface area contributed by atoms with Crippen LogP contribution < -0.4 is 4.72 Å². The Balaban J connectivity index is 1.97. The van der Waals surface area contributed by atoms with Gasteiger partial charge in [-0.1, -0.05) is 65.2 Å². The largest absolute Gasteiger partial charge is 0.241 e. The molecule has 2 unspecified atom stereocenters. The van der Waals surface area contributed by atoms with Crippen LogP contribution in [-0.4, -0.2) is 19.3 Å². The SMILES string of the molecule is O=S(=O)(NC1CCCCC1Br)c1cccc2ccccc12. The van der Waals surface area contributed by atoms with Crippen molar-refractivity contribution in [3.63, 3.8) is 0 Å². The normalized spacial score (nSPS) is 23.3. The zero-order valence-corrected chi connectivity index (χ0v) is 14.0. The molecule has 3 nitrogen and oxygen atoms in total. The fourth-order valence-electron chi connectivity index (χ4n) is 2.91. The van der Waals surface area contributed by atoms with E-state index in [1.54, 1.807) is 12.1 Å². The first kappa shape index (κ1) is 15.0. The molecule has 2 aromatic rings. The van der Waals surface area contributed by atoms with Gasteiger partial charge >= 0.3 is 0 Å². The summed E-state index contributed by atoms with van der Waals surface area (Å²) in [6.45, 7) is 0. The van der Waals surface area contributed by atoms with Gasteiger partial charge in [0.15, 0.2) is 0 Å². The maximum Gasteiger partial charge on any atom is 0.241 e. The highest BCUT2D eigenvalue weighted by Gasteiger charge is 2.28. The summed E-state index contributed by atoms with van der Waals surface area (Å²) < 4.78 is 28.3. The lowest BCUT2D eigenvalue weighted by Gasteiger charge is -2.28. The fraction of sp³-hybridized carbons (Fsp3) is 0.375. The number of alkyl halides is 1. The summed E-state index contributed by atoms with van der Waals surface area (Å²) in [6, 6.07) is 13.0. The van der Waals surface area contributed by atoms with Crippen LogP contribution in [0.25, 0.3) is 10.8 Å². The highest BCUT2D eigenvalue weighted by Crippen LogP contribution is 2.28. The van der Waals surface area contributed by atoms with Gasteiger partial charge in [-0.05, 0) is 24.3 Å². The van der Waals surface area contributed by atoms with E-state index in [0.29, 0.717) is 4.90 Å². The third kappa shape index (κ3) is 3.15. The lowest BCUT2D eigenvalue weighted by atomic mass is 9.96. The Hall–Kier alpha value is -0.910. The number of hydrogen-bond donors (Lipinski definition) is 1. The number of fused-ring (bicyclic) bond motifs is 1. The third-order valence-corrected chi connectivity index (χ3v) is 6.67. The first-order valence-corrected chi connectivity index (χ1v) is 9.62. The van der Waals surface area contributed by atoms with Crippen molar-refractivity contribution in [1.29, 1.82) is 0 Å². The molecule has 1 aliphatic carbocycles. The topological polar surface area (TPSA) is 46.2 Å². The number of nitrogens with one attached hydrogen (secondary N) is 1. The minimum Gasteiger partial charge on any atom is -0.207 e. The molecular weight excluding hydrogens is 350 g/mol. The number of benzene rings is 2. The van der Waals surface area contributed by atoms with E-state index in [0.717, 1.165) is 36.5 Å². The van der Waals surface area contributed by atoms with Crippen LogP contribution in [0.2, 0.25) is 0 Å². The molecule has 3 rings (SSSR count). The lowest BCUT2D eigenvalue weighted by molar-refractivity contribution is 0.427. The van der Waals surface area contributed by atoms with Crippen LogP contribution in [0.4, 0.5) is 0 Å². The molecule has 21 heavy (non-hydrogen) atoms. The summed E-state index contributed by atoms with van der Waals surface area (Å²) in [5.41, 5.74) is 0. The molecule has 0 aliphatic heterocycles. The van der Waals surface area contributed by atoms with Crippen LogP contribution in [0.1, 0.15) is 25.7 Å². The van der Waals surface area contributed by atoms with E-state index in [1.165, 1.54) is 0 Å². The summed E-state index contributed by atoms with van der Waals surface area (Å²) in [7, 11) is -3.50. The van der Waals surface area contributed by atoms with Crippen molar-refractivity contribution in [2.24, 2.45) is 0 Å². The number of halogens is 1. The molecule has 1 N–H and O–H groups in total. The van der Waals surface area contributed by atoms with Crippen LogP contribution >= 0.6 is 15.9 Å². The molecule has 0 saturated heterocycles. The predicted molar refractivity (Wildman–Crippen MR) is 89.2 cm³/mol. The van der Waals surface area contributed by atoms with E-state index in [-0.39, 0.29) is 10.9 Å². The molecule has 112 valence electrons. The smallest absolute Gasteiger partial charge is 0.207 e. The molecule has 0 amide bonds. The van der Waals surface area contributed by atoms with Gasteiger partial charge in [0.1, 0.15) is 0 Å². The quantitative estimate of drug-likeness (QED) is 0.838. The maximum absolute atomic E-state index is 12.7. The minimum absolute atomic E-state index is 0.0253. The van der Waals surface area contributed by atoms with Crippen molar-refractivity contribution >= 4 is 36.7 Å². The summed E-state index contributed by atoms with van der Waals surface area (Å²) in [5, 5.41) is 1.72. The number of sulfonamides is 1. The predicted octanol–water partition coefficient (Wildman–Crippen LogP) is 3.82. The van der Waals surface area contributed by atoms with Gasteiger partial charge in [0.25, 0.3) is 0 Å². The molecule has 5 heteroatoms. The molecule has 1 fully saturated rings. The number of hydrogen-bond acceptors (Lipinski definition) is 2. The molecule has 1 saturated carbocycles. The van der Waals surface area contributed by atoms with Gasteiger partial charge in [0.2, 0.25) is 10.0 Å². The zero-order valence-electron chi connectivity index (χ0n) is 11.6. The van der Waals surface area contributed by atoms with E-state index in [9.17, 15) is 8.42 Å². The van der Waals surface area contributed by atoms with Crippen LogP contribution in [0.15, 0.2) is 47.4 Å². The average Bonchev–Trinajstić information content (AvgIpc) is 2.49. The van der Waals surface area contributed by atoms with Gasteiger partial charge in [-0.2, -0.15) is 0 Å². The first-order valence-electron chi connectivity index (χ1n) is 7.22. The van der Waals surface area contributed by atoms with Crippen LogP contribution in [0.3, 0.4) is 0 Å². The van der Waals surface area contributed by atoms with Crippen LogP contribution in [0, 0.1) is 0 Å². The molecule has 2 aromatic carbocycles. The van der Waals surface area contributed by atoms with Crippen molar-refractivity contribution in [3.8, 4) is 0 Å². The van der Waals surface area contributed by atoms with E-state index in [4.69, 9.17) is 0 Å². The number of rotatable bonds is 3. The van der Waals surface area contributed by atoms with Crippen molar-refractivity contribution in [3.05, 3.63) is 42.5 Å². The Morgan fingerprint density at radius 1 is 1.00 bits per heavy atom. The van der Waals surface area contributed by atoms with E-state index in [2.05, 4.69) is 20.7 Å². The Bertz CT molecular complexity index is 740. The van der Waals surface area contributed by atoms with Gasteiger partial charge < -0.3 is 0 Å². The Kier molecular flexibility index (Phi) is 4.33. The van der Waals surface area contributed by atoms with Gasteiger partial charge in [0, 0.05) is 16.3 Å². The molecule has 0 bridgehead atoms. The summed E-state index contributed by atoms with van der Waals surface area (Å²) in [4.78, 5) is 0.585. The molecule has 1 aliphatic rings. The molecule has 0 radical (unpaired) electrons. The van der Waals surface area contributed by atoms with Crippen molar-refractivity contribution in [1.82, 2.24) is 4.72 Å². The second kappa shape index (κ2) is 6.07. The highest BCUT2D eigenvalue weighted by atomic mass is 79.9. The Morgan fingerprint density at radius 3 is 2.52 bits per heavy atom. The summed E-state index contributed by atoms with van der Waals surface area (Å²) in [6.07, 6.45) is 4.13. The zero-order chi connectivity index (χ0) is 14.9. The molecule has 2 atom stereocenters. The first-order chi connectivity index (χ1) is 10.1. The standard InChI is InChI=1S/C16H18BrNO2S/c17-14-9-3-4-10-15(14)18-21(19,20)16-11-5-7-12-6-1-2-8-13(12)16/h1-2,5-8,11,14-15,18H,3-4,9-10H2. The average molecular weight is 368 g/mol. The van der Waals surface area contributed by atoms with E-state index in [1.807, 2.05) is 30.3 Å². The third-order valence-electron chi connectivity index (χ3n) is 4.03. The fourth-order valence-corrected chi connectivity index (χ4v) is 5.35. The van der Waals surface area contributed by atoms with E-state index < -0.39 is 10.0 Å². The monoisotopic (exact) mass is 367 g/mol. The van der Waals surface area contributed by atoms with Gasteiger partial charge in [-0.15, -0.1) is 0 Å². The molecule has 0 aromatic heterocycles. The summed E-state index contributed by atoms with van der Waals surface area (Å²) in [5.74, 6) is 0. The molecule has 0 spiro atoms. The van der Waals surface area contributed by atoms with Crippen LogP contribution in [-0.2, 0) is 10.0 Å². The minimum atomic E-state index is -3.50. The Labute approximate surface area is 133 Å². The molecule has 0 heterocycles. The summed E-state index contributed by atoms with van der Waals surface area (Å²) >= 11 is 3.60. The maximum atomic E-state index is 12.7. The van der Waals surface area contributed by atoms with Crippen molar-refractivity contribution in [2.45, 2.75) is 41.4 Å². The lowest BCUT2D eigenvalue weighted by Crippen LogP contribution is -2.42. The highest BCUT2D eigenvalue weighted by molar-refractivity contribution is 9.09. The van der Waals surface area contributed by atoms with Crippen molar-refractivity contribution in [2.75, 3.05) is 0 Å². The van der Waals surface area contributed by atoms with Gasteiger partial charge in [0.05, 0.1) is 4.90 Å². The Morgan fingerprint density at radius 2 is 1.71 bits per heavy atom.